The van der Waals surface area contributed by atoms with Crippen molar-refractivity contribution in [3.8, 4) is 0 Å². The maximum atomic E-state index is 5.38. The molecule has 0 aliphatic heterocycles. The van der Waals surface area contributed by atoms with Crippen LogP contribution in [0, 0.1) is 0 Å². The Balaban J connectivity index is 2.71. The minimum absolute atomic E-state index is 0.598. The first-order chi connectivity index (χ1) is 7.36. The van der Waals surface area contributed by atoms with Crippen molar-refractivity contribution < 1.29 is 0 Å². The number of nitrogens with one attached hydrogen (secondary N) is 1. The zero-order chi connectivity index (χ0) is 10.7. The first-order valence-corrected chi connectivity index (χ1v) is 4.50. The molecule has 2 aromatic rings. The normalized spacial score (nSPS) is 11.7. The first-order valence-electron chi connectivity index (χ1n) is 4.50. The number of hydrogen-bond acceptors (Lipinski definition) is 4. The van der Waals surface area contributed by atoms with Crippen molar-refractivity contribution in [2.75, 3.05) is 7.05 Å². The topological polar surface area (TPSA) is 76.2 Å². The molecule has 0 atom stereocenters. The third-order valence-electron chi connectivity index (χ3n) is 2.11. The van der Waals surface area contributed by atoms with E-state index in [-0.39, 0.29) is 0 Å². The molecule has 0 aliphatic rings. The Morgan fingerprint density at radius 3 is 2.87 bits per heavy atom. The summed E-state index contributed by atoms with van der Waals surface area (Å²) in [5.74, 6) is 5.98. The van der Waals surface area contributed by atoms with Gasteiger partial charge in [-0.15, -0.1) is 0 Å². The lowest BCUT2D eigenvalue weighted by Crippen LogP contribution is -2.31. The van der Waals surface area contributed by atoms with Gasteiger partial charge in [0.15, 0.2) is 0 Å². The van der Waals surface area contributed by atoms with Crippen LogP contribution in [0.3, 0.4) is 0 Å². The van der Waals surface area contributed by atoms with E-state index in [9.17, 15) is 0 Å². The van der Waals surface area contributed by atoms with E-state index in [2.05, 4.69) is 20.4 Å². The van der Waals surface area contributed by atoms with Gasteiger partial charge in [-0.2, -0.15) is 0 Å². The Morgan fingerprint density at radius 1 is 1.33 bits per heavy atom. The van der Waals surface area contributed by atoms with Crippen molar-refractivity contribution >= 4 is 16.9 Å². The lowest BCUT2D eigenvalue weighted by Gasteiger charge is -2.06. The molecule has 0 amide bonds. The molecule has 0 aliphatic carbocycles. The quantitative estimate of drug-likeness (QED) is 0.304. The van der Waals surface area contributed by atoms with Crippen LogP contribution in [-0.2, 0) is 0 Å². The molecule has 1 heterocycles. The van der Waals surface area contributed by atoms with Gasteiger partial charge in [0.05, 0.1) is 11.0 Å². The van der Waals surface area contributed by atoms with Gasteiger partial charge in [0, 0.05) is 25.0 Å². The number of hydrazine groups is 1. The van der Waals surface area contributed by atoms with Crippen LogP contribution < -0.4 is 11.3 Å². The molecule has 5 nitrogen and oxygen atoms in total. The molecule has 2 rings (SSSR count). The number of nitrogens with zero attached hydrogens (tertiary/aromatic N) is 3. The highest BCUT2D eigenvalue weighted by Gasteiger charge is 2.06. The molecular formula is C10H11N5. The average Bonchev–Trinajstić information content (AvgIpc) is 2.31. The third kappa shape index (κ3) is 1.64. The van der Waals surface area contributed by atoms with Gasteiger partial charge < -0.3 is 5.43 Å². The largest absolute Gasteiger partial charge is 0.308 e. The molecule has 0 unspecified atom stereocenters. The summed E-state index contributed by atoms with van der Waals surface area (Å²) in [6.45, 7) is 0. The van der Waals surface area contributed by atoms with Crippen LogP contribution in [0.15, 0.2) is 35.6 Å². The highest BCUT2D eigenvalue weighted by Crippen LogP contribution is 2.13. The number of aliphatic imine (C=N–C) groups is 1. The summed E-state index contributed by atoms with van der Waals surface area (Å²) < 4.78 is 0. The van der Waals surface area contributed by atoms with Crippen LogP contribution in [-0.4, -0.2) is 22.9 Å². The molecule has 0 radical (unpaired) electrons. The van der Waals surface area contributed by atoms with Crippen LogP contribution in [0.1, 0.15) is 5.56 Å². The van der Waals surface area contributed by atoms with E-state index >= 15 is 0 Å². The molecule has 0 fully saturated rings. The zero-order valence-corrected chi connectivity index (χ0v) is 8.31. The summed E-state index contributed by atoms with van der Waals surface area (Å²) in [6.07, 6.45) is 3.31. The third-order valence-corrected chi connectivity index (χ3v) is 2.11. The van der Waals surface area contributed by atoms with Crippen molar-refractivity contribution in [2.24, 2.45) is 10.8 Å². The van der Waals surface area contributed by atoms with E-state index < -0.39 is 0 Å². The summed E-state index contributed by atoms with van der Waals surface area (Å²) in [5.41, 5.74) is 5.01. The van der Waals surface area contributed by atoms with Gasteiger partial charge in [0.2, 0.25) is 0 Å². The number of aromatic nitrogens is 2. The number of benzene rings is 1. The summed E-state index contributed by atoms with van der Waals surface area (Å²) in [4.78, 5) is 12.5. The number of hydrogen-bond donors (Lipinski definition) is 2. The molecule has 5 heteroatoms. The lowest BCUT2D eigenvalue weighted by molar-refractivity contribution is 1.02. The summed E-state index contributed by atoms with van der Waals surface area (Å²) in [6, 6.07) is 5.70. The van der Waals surface area contributed by atoms with E-state index in [1.54, 1.807) is 19.4 Å². The Bertz CT molecular complexity index is 501. The van der Waals surface area contributed by atoms with Crippen LogP contribution in [0.25, 0.3) is 11.0 Å². The Morgan fingerprint density at radius 2 is 2.13 bits per heavy atom. The van der Waals surface area contributed by atoms with Crippen LogP contribution >= 0.6 is 0 Å². The van der Waals surface area contributed by atoms with Crippen molar-refractivity contribution in [2.45, 2.75) is 0 Å². The molecule has 0 spiro atoms. The van der Waals surface area contributed by atoms with Gasteiger partial charge in [-0.3, -0.25) is 15.0 Å². The molecule has 0 saturated carbocycles. The summed E-state index contributed by atoms with van der Waals surface area (Å²) >= 11 is 0. The van der Waals surface area contributed by atoms with Crippen LogP contribution in [0.2, 0.25) is 0 Å². The molecule has 15 heavy (non-hydrogen) atoms. The highest BCUT2D eigenvalue weighted by molar-refractivity contribution is 6.07. The lowest BCUT2D eigenvalue weighted by atomic mass is 10.1. The smallest absolute Gasteiger partial charge is 0.144 e. The fraction of sp³-hybridized carbons (Fsp3) is 0.100. The Labute approximate surface area is 87.0 Å². The van der Waals surface area contributed by atoms with Gasteiger partial charge in [-0.05, 0) is 12.1 Å². The van der Waals surface area contributed by atoms with Gasteiger partial charge in [0.1, 0.15) is 5.84 Å². The van der Waals surface area contributed by atoms with E-state index in [0.717, 1.165) is 16.6 Å². The van der Waals surface area contributed by atoms with Gasteiger partial charge in [-0.1, -0.05) is 6.07 Å². The standard InChI is InChI=1S/C10H11N5/c1-12-10(15-11)7-3-2-4-8-9(7)14-6-5-13-8/h2-6H,11H2,1H3,(H,12,15). The number of amidine groups is 1. The molecule has 0 saturated heterocycles. The zero-order valence-electron chi connectivity index (χ0n) is 8.31. The molecule has 0 bridgehead atoms. The first kappa shape index (κ1) is 9.54. The Kier molecular flexibility index (Phi) is 2.55. The van der Waals surface area contributed by atoms with Crippen LogP contribution in [0.4, 0.5) is 0 Å². The summed E-state index contributed by atoms with van der Waals surface area (Å²) in [5, 5.41) is 0. The van der Waals surface area contributed by atoms with Crippen LogP contribution in [0.5, 0.6) is 0 Å². The van der Waals surface area contributed by atoms with Gasteiger partial charge >= 0.3 is 0 Å². The van der Waals surface area contributed by atoms with Gasteiger partial charge in [-0.25, -0.2) is 5.84 Å². The summed E-state index contributed by atoms with van der Waals surface area (Å²) in [7, 11) is 1.67. The number of rotatable bonds is 1. The number of para-hydroxylation sites is 1. The van der Waals surface area contributed by atoms with E-state index in [4.69, 9.17) is 5.84 Å². The molecule has 3 N–H and O–H groups in total. The minimum atomic E-state index is 0.598. The maximum absolute atomic E-state index is 5.38. The number of fused-ring (bicyclic) bond motifs is 1. The van der Waals surface area contributed by atoms with Crippen molar-refractivity contribution in [3.63, 3.8) is 0 Å². The molecular weight excluding hydrogens is 190 g/mol. The average molecular weight is 201 g/mol. The highest BCUT2D eigenvalue weighted by atomic mass is 15.2. The van der Waals surface area contributed by atoms with Crippen molar-refractivity contribution in [1.82, 2.24) is 15.4 Å². The maximum Gasteiger partial charge on any atom is 0.144 e. The number of nitrogens with two attached hydrogens (primary N) is 1. The fourth-order valence-corrected chi connectivity index (χ4v) is 1.45. The Hall–Kier alpha value is -2.01. The molecule has 1 aromatic carbocycles. The fourth-order valence-electron chi connectivity index (χ4n) is 1.45. The van der Waals surface area contributed by atoms with Gasteiger partial charge in [0.25, 0.3) is 0 Å². The van der Waals surface area contributed by atoms with E-state index in [1.165, 1.54) is 0 Å². The second kappa shape index (κ2) is 4.02. The second-order valence-corrected chi connectivity index (χ2v) is 2.95. The predicted octanol–water partition coefficient (Wildman–Crippen LogP) is 0.469. The van der Waals surface area contributed by atoms with E-state index in [0.29, 0.717) is 5.84 Å². The second-order valence-electron chi connectivity index (χ2n) is 2.95. The van der Waals surface area contributed by atoms with Crippen molar-refractivity contribution in [1.29, 1.82) is 0 Å². The van der Waals surface area contributed by atoms with Crippen molar-refractivity contribution in [3.05, 3.63) is 36.2 Å². The SMILES string of the molecule is CN=C(NN)c1cccc2nccnc12. The monoisotopic (exact) mass is 201 g/mol. The van der Waals surface area contributed by atoms with E-state index in [1.807, 2.05) is 18.2 Å². The molecule has 1 aromatic heterocycles. The minimum Gasteiger partial charge on any atom is -0.308 e. The predicted molar refractivity (Wildman–Crippen MR) is 59.3 cm³/mol. The molecule has 76 valence electrons.